The van der Waals surface area contributed by atoms with E-state index < -0.39 is 0 Å². The van der Waals surface area contributed by atoms with Crippen LogP contribution >= 0.6 is 0 Å². The zero-order chi connectivity index (χ0) is 14.8. The third-order valence-corrected chi connectivity index (χ3v) is 4.12. The number of fused-ring (bicyclic) bond motifs is 1. The topological polar surface area (TPSA) is 25.8 Å². The molecule has 1 aliphatic rings. The van der Waals surface area contributed by atoms with Gasteiger partial charge in [0.25, 0.3) is 0 Å². The van der Waals surface area contributed by atoms with Crippen LogP contribution in [0.4, 0.5) is 0 Å². The van der Waals surface area contributed by atoms with Crippen LogP contribution in [0.3, 0.4) is 0 Å². The summed E-state index contributed by atoms with van der Waals surface area (Å²) in [5, 5.41) is 2.92. The Morgan fingerprint density at radius 1 is 0.591 bits per heavy atom. The molecular weight excluding hydrogens is 268 g/mol. The van der Waals surface area contributed by atoms with E-state index >= 15 is 0 Å². The van der Waals surface area contributed by atoms with Gasteiger partial charge in [0.05, 0.1) is 11.0 Å². The summed E-state index contributed by atoms with van der Waals surface area (Å²) in [7, 11) is 0. The van der Waals surface area contributed by atoms with Gasteiger partial charge in [-0.1, -0.05) is 48.5 Å². The fraction of sp³-hybridized carbons (Fsp3) is 0.100. The largest absolute Gasteiger partial charge is 0.253 e. The highest BCUT2D eigenvalue weighted by atomic mass is 14.8. The van der Waals surface area contributed by atoms with Gasteiger partial charge in [-0.05, 0) is 46.9 Å². The molecule has 5 rings (SSSR count). The SMILES string of the molecule is c1cc2c3c(cccc3c1)CC2.c1ccc2nccnc2c1. The highest BCUT2D eigenvalue weighted by Gasteiger charge is 2.11. The fourth-order valence-electron chi connectivity index (χ4n) is 3.10. The fourth-order valence-corrected chi connectivity index (χ4v) is 3.10. The molecule has 3 aromatic carbocycles. The lowest BCUT2D eigenvalue weighted by atomic mass is 10.1. The zero-order valence-corrected chi connectivity index (χ0v) is 12.2. The lowest BCUT2D eigenvalue weighted by Crippen LogP contribution is -1.78. The van der Waals surface area contributed by atoms with Gasteiger partial charge in [-0.15, -0.1) is 0 Å². The first-order chi connectivity index (χ1) is 10.9. The van der Waals surface area contributed by atoms with Crippen molar-refractivity contribution in [3.8, 4) is 0 Å². The van der Waals surface area contributed by atoms with Crippen LogP contribution in [-0.4, -0.2) is 9.97 Å². The molecule has 0 saturated carbocycles. The molecule has 0 saturated heterocycles. The molecule has 22 heavy (non-hydrogen) atoms. The molecule has 1 aliphatic carbocycles. The Morgan fingerprint density at radius 3 is 1.68 bits per heavy atom. The van der Waals surface area contributed by atoms with E-state index in [1.165, 1.54) is 34.7 Å². The lowest BCUT2D eigenvalue weighted by Gasteiger charge is -1.99. The van der Waals surface area contributed by atoms with Crippen molar-refractivity contribution in [3.63, 3.8) is 0 Å². The van der Waals surface area contributed by atoms with E-state index in [2.05, 4.69) is 46.4 Å². The molecule has 1 aromatic heterocycles. The molecule has 0 bridgehead atoms. The predicted molar refractivity (Wildman–Crippen MR) is 90.9 cm³/mol. The molecule has 0 fully saturated rings. The third-order valence-electron chi connectivity index (χ3n) is 4.12. The van der Waals surface area contributed by atoms with Crippen molar-refractivity contribution in [2.24, 2.45) is 0 Å². The molecule has 0 atom stereocenters. The van der Waals surface area contributed by atoms with Crippen LogP contribution in [0.1, 0.15) is 11.1 Å². The minimum Gasteiger partial charge on any atom is -0.253 e. The van der Waals surface area contributed by atoms with Crippen molar-refractivity contribution in [2.45, 2.75) is 12.8 Å². The average Bonchev–Trinajstić information content (AvgIpc) is 3.02. The molecule has 1 heterocycles. The van der Waals surface area contributed by atoms with E-state index in [9.17, 15) is 0 Å². The molecule has 4 aromatic rings. The smallest absolute Gasteiger partial charge is 0.0886 e. The average molecular weight is 284 g/mol. The number of rotatable bonds is 0. The van der Waals surface area contributed by atoms with E-state index in [0.717, 1.165) is 11.0 Å². The summed E-state index contributed by atoms with van der Waals surface area (Å²) >= 11 is 0. The molecule has 0 aliphatic heterocycles. The molecule has 0 N–H and O–H groups in total. The van der Waals surface area contributed by atoms with Crippen LogP contribution in [0, 0.1) is 0 Å². The van der Waals surface area contributed by atoms with Crippen LogP contribution in [0.2, 0.25) is 0 Å². The van der Waals surface area contributed by atoms with Crippen LogP contribution in [-0.2, 0) is 12.8 Å². The molecule has 2 nitrogen and oxygen atoms in total. The molecule has 0 unspecified atom stereocenters. The summed E-state index contributed by atoms with van der Waals surface area (Å²) in [4.78, 5) is 8.24. The summed E-state index contributed by atoms with van der Waals surface area (Å²) in [6.45, 7) is 0. The Morgan fingerprint density at radius 2 is 1.14 bits per heavy atom. The minimum atomic E-state index is 0.949. The van der Waals surface area contributed by atoms with Crippen molar-refractivity contribution < 1.29 is 0 Å². The van der Waals surface area contributed by atoms with Gasteiger partial charge in [0.15, 0.2) is 0 Å². The van der Waals surface area contributed by atoms with Gasteiger partial charge in [0, 0.05) is 12.4 Å². The highest BCUT2D eigenvalue weighted by molar-refractivity contribution is 5.90. The van der Waals surface area contributed by atoms with Crippen LogP contribution in [0.5, 0.6) is 0 Å². The second-order valence-electron chi connectivity index (χ2n) is 5.48. The molecule has 0 spiro atoms. The van der Waals surface area contributed by atoms with Gasteiger partial charge >= 0.3 is 0 Å². The maximum Gasteiger partial charge on any atom is 0.0886 e. The quantitative estimate of drug-likeness (QED) is 0.473. The summed E-state index contributed by atoms with van der Waals surface area (Å²) in [6, 6.07) is 21.0. The third kappa shape index (κ3) is 2.33. The minimum absolute atomic E-state index is 0.949. The van der Waals surface area contributed by atoms with E-state index in [0.29, 0.717) is 0 Å². The van der Waals surface area contributed by atoms with E-state index in [1.54, 1.807) is 12.4 Å². The molecule has 106 valence electrons. The van der Waals surface area contributed by atoms with Crippen LogP contribution < -0.4 is 0 Å². The van der Waals surface area contributed by atoms with Gasteiger partial charge in [-0.2, -0.15) is 0 Å². The maximum absolute atomic E-state index is 4.12. The molecule has 0 radical (unpaired) electrons. The van der Waals surface area contributed by atoms with Crippen molar-refractivity contribution in [2.75, 3.05) is 0 Å². The maximum atomic E-state index is 4.12. The van der Waals surface area contributed by atoms with E-state index in [1.807, 2.05) is 24.3 Å². The summed E-state index contributed by atoms with van der Waals surface area (Å²) < 4.78 is 0. The van der Waals surface area contributed by atoms with Crippen molar-refractivity contribution in [3.05, 3.63) is 84.2 Å². The monoisotopic (exact) mass is 284 g/mol. The number of hydrogen-bond donors (Lipinski definition) is 0. The Labute approximate surface area is 129 Å². The normalized spacial score (nSPS) is 12.2. The van der Waals surface area contributed by atoms with Crippen LogP contribution in [0.25, 0.3) is 21.8 Å². The molecule has 2 heteroatoms. The van der Waals surface area contributed by atoms with Crippen LogP contribution in [0.15, 0.2) is 73.1 Å². The molecular formula is C20H16N2. The van der Waals surface area contributed by atoms with Crippen molar-refractivity contribution >= 4 is 21.8 Å². The standard InChI is InChI=1S/C12H10.C8H6N2/c1-3-9-4-2-6-11-8-7-10(5-1)12(9)11;1-2-4-8-7(3-1)9-5-6-10-8/h1-6H,7-8H2;1-6H. The predicted octanol–water partition coefficient (Wildman–Crippen LogP) is 4.57. The second kappa shape index (κ2) is 5.57. The number of nitrogens with zero attached hydrogens (tertiary/aromatic N) is 2. The second-order valence-corrected chi connectivity index (χ2v) is 5.48. The molecule has 0 amide bonds. The number of hydrogen-bond acceptors (Lipinski definition) is 2. The summed E-state index contributed by atoms with van der Waals surface area (Å²) in [5.41, 5.74) is 4.96. The van der Waals surface area contributed by atoms with Gasteiger partial charge < -0.3 is 0 Å². The Hall–Kier alpha value is -2.74. The number of aromatic nitrogens is 2. The number of para-hydroxylation sites is 2. The van der Waals surface area contributed by atoms with Crippen molar-refractivity contribution in [1.82, 2.24) is 9.97 Å². The van der Waals surface area contributed by atoms with Gasteiger partial charge in [-0.3, -0.25) is 9.97 Å². The Bertz CT molecular complexity index is 840. The summed E-state index contributed by atoms with van der Waals surface area (Å²) in [6.07, 6.45) is 5.86. The van der Waals surface area contributed by atoms with E-state index in [-0.39, 0.29) is 0 Å². The summed E-state index contributed by atoms with van der Waals surface area (Å²) in [5.74, 6) is 0. The first kappa shape index (κ1) is 13.0. The first-order valence-corrected chi connectivity index (χ1v) is 7.57. The highest BCUT2D eigenvalue weighted by Crippen LogP contribution is 2.29. The van der Waals surface area contributed by atoms with Crippen molar-refractivity contribution in [1.29, 1.82) is 0 Å². The zero-order valence-electron chi connectivity index (χ0n) is 12.2. The number of aryl methyl sites for hydroxylation is 2. The Balaban J connectivity index is 0.000000116. The lowest BCUT2D eigenvalue weighted by molar-refractivity contribution is 1.02. The first-order valence-electron chi connectivity index (χ1n) is 7.57. The van der Waals surface area contributed by atoms with Gasteiger partial charge in [0.1, 0.15) is 0 Å². The Kier molecular flexibility index (Phi) is 3.28. The number of benzene rings is 3. The van der Waals surface area contributed by atoms with Gasteiger partial charge in [-0.25, -0.2) is 0 Å². The van der Waals surface area contributed by atoms with Gasteiger partial charge in [0.2, 0.25) is 0 Å². The van der Waals surface area contributed by atoms with E-state index in [4.69, 9.17) is 0 Å².